The Balaban J connectivity index is 1.72. The maximum absolute atomic E-state index is 12.6. The lowest BCUT2D eigenvalue weighted by molar-refractivity contribution is -0.137. The number of nitrogens with one attached hydrogen (secondary N) is 1. The van der Waals surface area contributed by atoms with E-state index in [0.717, 1.165) is 23.3 Å². The largest absolute Gasteiger partial charge is 0.416 e. The van der Waals surface area contributed by atoms with E-state index < -0.39 is 11.7 Å². The van der Waals surface area contributed by atoms with Gasteiger partial charge in [0, 0.05) is 6.54 Å². The normalized spacial score (nSPS) is 12.0. The van der Waals surface area contributed by atoms with E-state index in [-0.39, 0.29) is 0 Å². The molecule has 0 fully saturated rings. The second-order valence-electron chi connectivity index (χ2n) is 4.51. The fourth-order valence-electron chi connectivity index (χ4n) is 1.93. The van der Waals surface area contributed by atoms with Crippen LogP contribution in [-0.2, 0) is 12.6 Å². The van der Waals surface area contributed by atoms with Gasteiger partial charge in [0.2, 0.25) is 0 Å². The van der Waals surface area contributed by atoms with Crippen LogP contribution in [0.5, 0.6) is 0 Å². The molecular formula is C14H11F3N2S2. The summed E-state index contributed by atoms with van der Waals surface area (Å²) in [6, 6.07) is 5.71. The van der Waals surface area contributed by atoms with Crippen molar-refractivity contribution in [3.8, 4) is 0 Å². The van der Waals surface area contributed by atoms with Gasteiger partial charge in [-0.2, -0.15) is 24.5 Å². The summed E-state index contributed by atoms with van der Waals surface area (Å²) in [5.41, 5.74) is 0.964. The second-order valence-corrected chi connectivity index (χ2v) is 6.32. The minimum atomic E-state index is -4.33. The van der Waals surface area contributed by atoms with Gasteiger partial charge in [-0.05, 0) is 47.0 Å². The molecule has 21 heavy (non-hydrogen) atoms. The van der Waals surface area contributed by atoms with Gasteiger partial charge in [-0.1, -0.05) is 11.3 Å². The number of nitrogens with zero attached hydrogens (tertiary/aromatic N) is 1. The number of alkyl halides is 3. The molecule has 0 aliphatic rings. The molecule has 2 heterocycles. The molecule has 0 radical (unpaired) electrons. The lowest BCUT2D eigenvalue weighted by atomic mass is 10.2. The maximum atomic E-state index is 12.6. The summed E-state index contributed by atoms with van der Waals surface area (Å²) in [5, 5.41) is 7.91. The zero-order valence-electron chi connectivity index (χ0n) is 10.8. The Morgan fingerprint density at radius 2 is 2.05 bits per heavy atom. The number of fused-ring (bicyclic) bond motifs is 1. The molecule has 110 valence electrons. The molecule has 3 rings (SSSR count). The summed E-state index contributed by atoms with van der Waals surface area (Å²) < 4.78 is 38.7. The van der Waals surface area contributed by atoms with Crippen molar-refractivity contribution in [2.45, 2.75) is 12.6 Å². The highest BCUT2D eigenvalue weighted by Crippen LogP contribution is 2.33. The summed E-state index contributed by atoms with van der Waals surface area (Å²) in [5.74, 6) is 0. The van der Waals surface area contributed by atoms with E-state index in [4.69, 9.17) is 0 Å². The smallest absolute Gasteiger partial charge is 0.361 e. The van der Waals surface area contributed by atoms with Gasteiger partial charge in [-0.3, -0.25) is 0 Å². The third-order valence-electron chi connectivity index (χ3n) is 2.98. The van der Waals surface area contributed by atoms with E-state index in [1.165, 1.54) is 23.0 Å². The Morgan fingerprint density at radius 1 is 1.19 bits per heavy atom. The SMILES string of the molecule is FC(F)(F)c1ccc2sc(NCCc3ccsc3)nc2c1. The first-order chi connectivity index (χ1) is 10.0. The standard InChI is InChI=1S/C14H11F3N2S2/c15-14(16,17)10-1-2-12-11(7-10)19-13(21-12)18-5-3-9-4-6-20-8-9/h1-2,4,6-8H,3,5H2,(H,18,19). The van der Waals surface area contributed by atoms with Crippen LogP contribution >= 0.6 is 22.7 Å². The molecule has 0 saturated heterocycles. The topological polar surface area (TPSA) is 24.9 Å². The number of rotatable bonds is 4. The average Bonchev–Trinajstić information content (AvgIpc) is 3.05. The molecule has 1 N–H and O–H groups in total. The van der Waals surface area contributed by atoms with Crippen LogP contribution in [-0.4, -0.2) is 11.5 Å². The number of aromatic nitrogens is 1. The quantitative estimate of drug-likeness (QED) is 0.726. The van der Waals surface area contributed by atoms with Gasteiger partial charge in [-0.15, -0.1) is 0 Å². The monoisotopic (exact) mass is 328 g/mol. The zero-order valence-corrected chi connectivity index (χ0v) is 12.4. The molecular weight excluding hydrogens is 317 g/mol. The molecule has 3 aromatic rings. The Hall–Kier alpha value is -1.60. The van der Waals surface area contributed by atoms with Gasteiger partial charge in [0.05, 0.1) is 15.8 Å². The summed E-state index contributed by atoms with van der Waals surface area (Å²) >= 11 is 3.01. The fraction of sp³-hybridized carbons (Fsp3) is 0.214. The number of halogens is 3. The van der Waals surface area contributed by atoms with E-state index >= 15 is 0 Å². The van der Waals surface area contributed by atoms with Crippen LogP contribution in [0.3, 0.4) is 0 Å². The van der Waals surface area contributed by atoms with Crippen molar-refractivity contribution in [2.24, 2.45) is 0 Å². The molecule has 1 aromatic carbocycles. The molecule has 0 atom stereocenters. The van der Waals surface area contributed by atoms with E-state index in [9.17, 15) is 13.2 Å². The van der Waals surface area contributed by atoms with Crippen molar-refractivity contribution in [3.63, 3.8) is 0 Å². The van der Waals surface area contributed by atoms with Crippen molar-refractivity contribution in [2.75, 3.05) is 11.9 Å². The van der Waals surface area contributed by atoms with Crippen molar-refractivity contribution >= 4 is 38.0 Å². The van der Waals surface area contributed by atoms with Crippen LogP contribution in [0.2, 0.25) is 0 Å². The molecule has 0 saturated carbocycles. The van der Waals surface area contributed by atoms with Gasteiger partial charge >= 0.3 is 6.18 Å². The number of benzene rings is 1. The highest BCUT2D eigenvalue weighted by Gasteiger charge is 2.30. The third kappa shape index (κ3) is 3.36. The summed E-state index contributed by atoms with van der Waals surface area (Å²) in [4.78, 5) is 4.22. The van der Waals surface area contributed by atoms with Crippen LogP contribution in [0.25, 0.3) is 10.2 Å². The lowest BCUT2D eigenvalue weighted by Gasteiger charge is -2.04. The Bertz CT molecular complexity index is 732. The molecule has 2 nitrogen and oxygen atoms in total. The first-order valence-electron chi connectivity index (χ1n) is 6.25. The minimum Gasteiger partial charge on any atom is -0.361 e. The number of thiophene rings is 1. The van der Waals surface area contributed by atoms with Crippen LogP contribution in [0, 0.1) is 0 Å². The van der Waals surface area contributed by atoms with Gasteiger partial charge < -0.3 is 5.32 Å². The first kappa shape index (κ1) is 14.3. The maximum Gasteiger partial charge on any atom is 0.416 e. The molecule has 0 unspecified atom stereocenters. The third-order valence-corrected chi connectivity index (χ3v) is 4.71. The van der Waals surface area contributed by atoms with Crippen LogP contribution in [0.15, 0.2) is 35.0 Å². The van der Waals surface area contributed by atoms with Crippen molar-refractivity contribution in [1.29, 1.82) is 0 Å². The van der Waals surface area contributed by atoms with Gasteiger partial charge in [0.15, 0.2) is 5.13 Å². The molecule has 0 aliphatic heterocycles. The molecule has 2 aromatic heterocycles. The van der Waals surface area contributed by atoms with E-state index in [0.29, 0.717) is 17.2 Å². The molecule has 0 spiro atoms. The summed E-state index contributed by atoms with van der Waals surface area (Å²) in [7, 11) is 0. The van der Waals surface area contributed by atoms with E-state index in [2.05, 4.69) is 21.7 Å². The van der Waals surface area contributed by atoms with Crippen molar-refractivity contribution in [1.82, 2.24) is 4.98 Å². The Labute approximate surface area is 127 Å². The fourth-order valence-corrected chi connectivity index (χ4v) is 3.50. The summed E-state index contributed by atoms with van der Waals surface area (Å²) in [6.07, 6.45) is -3.46. The van der Waals surface area contributed by atoms with Crippen LogP contribution in [0.1, 0.15) is 11.1 Å². The van der Waals surface area contributed by atoms with Gasteiger partial charge in [0.25, 0.3) is 0 Å². The van der Waals surface area contributed by atoms with Crippen LogP contribution < -0.4 is 5.32 Å². The van der Waals surface area contributed by atoms with Crippen molar-refractivity contribution in [3.05, 3.63) is 46.2 Å². The highest BCUT2D eigenvalue weighted by molar-refractivity contribution is 7.22. The number of hydrogen-bond acceptors (Lipinski definition) is 4. The van der Waals surface area contributed by atoms with Crippen LogP contribution in [0.4, 0.5) is 18.3 Å². The predicted molar refractivity (Wildman–Crippen MR) is 81.1 cm³/mol. The van der Waals surface area contributed by atoms with E-state index in [1.54, 1.807) is 11.3 Å². The Kier molecular flexibility index (Phi) is 3.86. The minimum absolute atomic E-state index is 0.382. The average molecular weight is 328 g/mol. The van der Waals surface area contributed by atoms with Gasteiger partial charge in [0.1, 0.15) is 0 Å². The number of anilines is 1. The molecule has 0 aliphatic carbocycles. The molecule has 0 bridgehead atoms. The number of thiazole rings is 1. The lowest BCUT2D eigenvalue weighted by Crippen LogP contribution is -2.04. The Morgan fingerprint density at radius 3 is 2.76 bits per heavy atom. The predicted octanol–water partition coefficient (Wildman–Crippen LogP) is 5.03. The number of hydrogen-bond donors (Lipinski definition) is 1. The van der Waals surface area contributed by atoms with E-state index in [1.807, 2.05) is 5.38 Å². The van der Waals surface area contributed by atoms with Gasteiger partial charge in [-0.25, -0.2) is 4.98 Å². The second kappa shape index (κ2) is 5.65. The van der Waals surface area contributed by atoms with Crippen molar-refractivity contribution < 1.29 is 13.2 Å². The highest BCUT2D eigenvalue weighted by atomic mass is 32.1. The zero-order chi connectivity index (χ0) is 14.9. The molecule has 7 heteroatoms. The molecule has 0 amide bonds. The first-order valence-corrected chi connectivity index (χ1v) is 8.01. The summed E-state index contributed by atoms with van der Waals surface area (Å²) in [6.45, 7) is 0.711.